The summed E-state index contributed by atoms with van der Waals surface area (Å²) in [5.74, 6) is 0. The first-order valence-electron chi connectivity index (χ1n) is 7.61. The van der Waals surface area contributed by atoms with Gasteiger partial charge in [-0.05, 0) is 44.3 Å². The van der Waals surface area contributed by atoms with Crippen LogP contribution in [0.15, 0.2) is 12.4 Å². The fourth-order valence-corrected chi connectivity index (χ4v) is 4.00. The molecule has 1 aromatic heterocycles. The molecule has 1 aliphatic carbocycles. The molecule has 0 amide bonds. The highest BCUT2D eigenvalue weighted by atomic mass is 16.3. The van der Waals surface area contributed by atoms with Crippen molar-refractivity contribution in [1.29, 1.82) is 0 Å². The van der Waals surface area contributed by atoms with E-state index in [0.717, 1.165) is 24.8 Å². The zero-order valence-corrected chi connectivity index (χ0v) is 11.9. The Morgan fingerprint density at radius 2 is 1.95 bits per heavy atom. The highest BCUT2D eigenvalue weighted by molar-refractivity contribution is 5.11. The van der Waals surface area contributed by atoms with Crippen molar-refractivity contribution in [2.45, 2.75) is 56.6 Å². The Morgan fingerprint density at radius 3 is 2.53 bits per heavy atom. The van der Waals surface area contributed by atoms with E-state index in [1.165, 1.54) is 38.8 Å². The Morgan fingerprint density at radius 1 is 1.26 bits per heavy atom. The van der Waals surface area contributed by atoms with Crippen LogP contribution in [0.1, 0.15) is 44.1 Å². The van der Waals surface area contributed by atoms with E-state index in [2.05, 4.69) is 10.00 Å². The number of aliphatic hydroxyl groups is 1. The monoisotopic (exact) mass is 263 g/mol. The van der Waals surface area contributed by atoms with Gasteiger partial charge in [-0.3, -0.25) is 9.58 Å². The third-order valence-electron chi connectivity index (χ3n) is 5.01. The highest BCUT2D eigenvalue weighted by Crippen LogP contribution is 2.40. The summed E-state index contributed by atoms with van der Waals surface area (Å²) in [5, 5.41) is 15.1. The van der Waals surface area contributed by atoms with Crippen LogP contribution >= 0.6 is 0 Å². The van der Waals surface area contributed by atoms with Gasteiger partial charge in [0.2, 0.25) is 0 Å². The second kappa shape index (κ2) is 5.25. The SMILES string of the molecule is Cn1cc(CC(O)C2(N3CCCC3)CCCC2)cn1. The lowest BCUT2D eigenvalue weighted by atomic mass is 9.85. The molecule has 0 spiro atoms. The molecule has 1 atom stereocenters. The Labute approximate surface area is 115 Å². The number of aryl methyl sites for hydroxylation is 1. The van der Waals surface area contributed by atoms with Gasteiger partial charge in [-0.25, -0.2) is 0 Å². The van der Waals surface area contributed by atoms with E-state index in [1.54, 1.807) is 0 Å². The Kier molecular flexibility index (Phi) is 3.63. The van der Waals surface area contributed by atoms with E-state index < -0.39 is 0 Å². The van der Waals surface area contributed by atoms with E-state index in [9.17, 15) is 5.11 Å². The van der Waals surface area contributed by atoms with E-state index in [-0.39, 0.29) is 11.6 Å². The van der Waals surface area contributed by atoms with Gasteiger partial charge in [0.15, 0.2) is 0 Å². The molecular formula is C15H25N3O. The maximum atomic E-state index is 10.8. The molecule has 0 bridgehead atoms. The fraction of sp³-hybridized carbons (Fsp3) is 0.800. The van der Waals surface area contributed by atoms with Gasteiger partial charge in [0.05, 0.1) is 12.3 Å². The Hall–Kier alpha value is -0.870. The van der Waals surface area contributed by atoms with Gasteiger partial charge >= 0.3 is 0 Å². The average molecular weight is 263 g/mol. The largest absolute Gasteiger partial charge is 0.391 e. The number of nitrogens with zero attached hydrogens (tertiary/aromatic N) is 3. The van der Waals surface area contributed by atoms with Gasteiger partial charge in [-0.1, -0.05) is 12.8 Å². The molecular weight excluding hydrogens is 238 g/mol. The van der Waals surface area contributed by atoms with E-state index in [0.29, 0.717) is 0 Å². The van der Waals surface area contributed by atoms with Crippen molar-refractivity contribution in [3.63, 3.8) is 0 Å². The van der Waals surface area contributed by atoms with Crippen LogP contribution in [0.3, 0.4) is 0 Å². The minimum atomic E-state index is -0.253. The van der Waals surface area contributed by atoms with Crippen molar-refractivity contribution in [3.8, 4) is 0 Å². The lowest BCUT2D eigenvalue weighted by molar-refractivity contribution is -0.0172. The van der Waals surface area contributed by atoms with Gasteiger partial charge in [0, 0.05) is 25.2 Å². The lowest BCUT2D eigenvalue weighted by Gasteiger charge is -2.42. The standard InChI is InChI=1S/C15H25N3O/c1-17-12-13(11-16-17)10-14(19)15(6-2-3-7-15)18-8-4-5-9-18/h11-12,14,19H,2-10H2,1H3. The molecule has 106 valence electrons. The number of aliphatic hydroxyl groups excluding tert-OH is 1. The Balaban J connectivity index is 1.75. The molecule has 19 heavy (non-hydrogen) atoms. The first-order chi connectivity index (χ1) is 9.21. The summed E-state index contributed by atoms with van der Waals surface area (Å²) in [6.07, 6.45) is 11.8. The molecule has 1 saturated heterocycles. The lowest BCUT2D eigenvalue weighted by Crippen LogP contribution is -2.54. The summed E-state index contributed by atoms with van der Waals surface area (Å²) in [6.45, 7) is 2.34. The summed E-state index contributed by atoms with van der Waals surface area (Å²) in [5.41, 5.74) is 1.20. The molecule has 2 heterocycles. The minimum absolute atomic E-state index is 0.0480. The number of rotatable bonds is 4. The van der Waals surface area contributed by atoms with Crippen molar-refractivity contribution in [2.24, 2.45) is 7.05 Å². The van der Waals surface area contributed by atoms with Crippen molar-refractivity contribution in [3.05, 3.63) is 18.0 Å². The van der Waals surface area contributed by atoms with Gasteiger partial charge in [0.1, 0.15) is 0 Å². The molecule has 2 aliphatic rings. The summed E-state index contributed by atoms with van der Waals surface area (Å²) in [4.78, 5) is 2.57. The molecule has 0 radical (unpaired) electrons. The van der Waals surface area contributed by atoms with Crippen LogP contribution < -0.4 is 0 Å². The second-order valence-electron chi connectivity index (χ2n) is 6.25. The minimum Gasteiger partial charge on any atom is -0.391 e. The predicted molar refractivity (Wildman–Crippen MR) is 74.9 cm³/mol. The maximum Gasteiger partial charge on any atom is 0.0765 e. The van der Waals surface area contributed by atoms with Crippen LogP contribution in [0.4, 0.5) is 0 Å². The van der Waals surface area contributed by atoms with Crippen LogP contribution in [0, 0.1) is 0 Å². The highest BCUT2D eigenvalue weighted by Gasteiger charge is 2.45. The molecule has 1 aliphatic heterocycles. The summed E-state index contributed by atoms with van der Waals surface area (Å²) in [6, 6.07) is 0. The molecule has 1 aromatic rings. The number of hydrogen-bond donors (Lipinski definition) is 1. The van der Waals surface area contributed by atoms with Gasteiger partial charge in [-0.2, -0.15) is 5.10 Å². The van der Waals surface area contributed by atoms with E-state index >= 15 is 0 Å². The van der Waals surface area contributed by atoms with Crippen molar-refractivity contribution in [1.82, 2.24) is 14.7 Å². The third-order valence-corrected chi connectivity index (χ3v) is 5.01. The van der Waals surface area contributed by atoms with Gasteiger partial charge in [-0.15, -0.1) is 0 Å². The first kappa shape index (κ1) is 13.1. The summed E-state index contributed by atoms with van der Waals surface area (Å²) >= 11 is 0. The van der Waals surface area contributed by atoms with Crippen LogP contribution in [-0.2, 0) is 13.5 Å². The van der Waals surface area contributed by atoms with E-state index in [1.807, 2.05) is 24.1 Å². The quantitative estimate of drug-likeness (QED) is 0.899. The molecule has 0 aromatic carbocycles. The molecule has 1 unspecified atom stereocenters. The molecule has 4 nitrogen and oxygen atoms in total. The van der Waals surface area contributed by atoms with Crippen LogP contribution in [0.25, 0.3) is 0 Å². The average Bonchev–Trinajstić information content (AvgIpc) is 3.09. The molecule has 4 heteroatoms. The van der Waals surface area contributed by atoms with E-state index in [4.69, 9.17) is 0 Å². The van der Waals surface area contributed by atoms with Crippen molar-refractivity contribution >= 4 is 0 Å². The molecule has 2 fully saturated rings. The predicted octanol–water partition coefficient (Wildman–Crippen LogP) is 1.73. The second-order valence-corrected chi connectivity index (χ2v) is 6.25. The van der Waals surface area contributed by atoms with Crippen molar-refractivity contribution in [2.75, 3.05) is 13.1 Å². The zero-order valence-electron chi connectivity index (χ0n) is 11.9. The number of aromatic nitrogens is 2. The topological polar surface area (TPSA) is 41.3 Å². The first-order valence-corrected chi connectivity index (χ1v) is 7.61. The fourth-order valence-electron chi connectivity index (χ4n) is 4.00. The Bertz CT molecular complexity index is 417. The summed E-state index contributed by atoms with van der Waals surface area (Å²) < 4.78 is 1.82. The van der Waals surface area contributed by atoms with Gasteiger partial charge < -0.3 is 5.11 Å². The van der Waals surface area contributed by atoms with Crippen LogP contribution in [0.2, 0.25) is 0 Å². The summed E-state index contributed by atoms with van der Waals surface area (Å²) in [7, 11) is 1.93. The maximum absolute atomic E-state index is 10.8. The third kappa shape index (κ3) is 2.43. The normalized spacial score (nSPS) is 24.9. The number of likely N-dealkylation sites (tertiary alicyclic amines) is 1. The molecule has 3 rings (SSSR count). The zero-order chi connectivity index (χ0) is 13.3. The van der Waals surface area contributed by atoms with Crippen LogP contribution in [-0.4, -0.2) is 44.5 Å². The molecule has 1 N–H and O–H groups in total. The number of hydrogen-bond acceptors (Lipinski definition) is 3. The smallest absolute Gasteiger partial charge is 0.0765 e. The van der Waals surface area contributed by atoms with Crippen molar-refractivity contribution < 1.29 is 5.11 Å². The van der Waals surface area contributed by atoms with Gasteiger partial charge in [0.25, 0.3) is 0 Å². The molecule has 1 saturated carbocycles. The van der Waals surface area contributed by atoms with Crippen LogP contribution in [0.5, 0.6) is 0 Å².